The van der Waals surface area contributed by atoms with Crippen molar-refractivity contribution >= 4 is 11.6 Å². The monoisotopic (exact) mass is 328 g/mol. The molecular weight excluding hydrogens is 304 g/mol. The summed E-state index contributed by atoms with van der Waals surface area (Å²) in [5, 5.41) is 9.43. The molecule has 2 aromatic heterocycles. The van der Waals surface area contributed by atoms with Crippen LogP contribution in [0, 0.1) is 12.8 Å². The molecule has 0 saturated carbocycles. The number of anilines is 2. The van der Waals surface area contributed by atoms with E-state index in [9.17, 15) is 5.11 Å². The molecule has 0 amide bonds. The molecule has 1 unspecified atom stereocenters. The molecule has 0 radical (unpaired) electrons. The van der Waals surface area contributed by atoms with E-state index in [1.807, 2.05) is 6.92 Å². The molecule has 7 nitrogen and oxygen atoms in total. The number of imidazole rings is 1. The molecule has 2 aromatic rings. The zero-order valence-electron chi connectivity index (χ0n) is 14.1. The Morgan fingerprint density at radius 1 is 1.17 bits per heavy atom. The van der Waals surface area contributed by atoms with Gasteiger partial charge in [0.15, 0.2) is 0 Å². The fraction of sp³-hybridized carbons (Fsp3) is 0.588. The SMILES string of the molecule is Cc1cn2c(n1)CN(c1cc(N3CCCC(CO)C3)ncn1)CC2. The fourth-order valence-electron chi connectivity index (χ4n) is 3.70. The number of aromatic nitrogens is 4. The number of hydrogen-bond acceptors (Lipinski definition) is 6. The smallest absolute Gasteiger partial charge is 0.134 e. The average Bonchev–Trinajstić information content (AvgIpc) is 3.01. The molecule has 1 saturated heterocycles. The van der Waals surface area contributed by atoms with Crippen molar-refractivity contribution < 1.29 is 5.11 Å². The van der Waals surface area contributed by atoms with Gasteiger partial charge in [-0.1, -0.05) is 0 Å². The zero-order valence-corrected chi connectivity index (χ0v) is 14.1. The van der Waals surface area contributed by atoms with Gasteiger partial charge in [0.05, 0.1) is 12.2 Å². The summed E-state index contributed by atoms with van der Waals surface area (Å²) >= 11 is 0. The van der Waals surface area contributed by atoms with Crippen molar-refractivity contribution in [2.75, 3.05) is 36.0 Å². The maximum absolute atomic E-state index is 9.43. The molecule has 24 heavy (non-hydrogen) atoms. The van der Waals surface area contributed by atoms with Crippen LogP contribution in [-0.4, -0.2) is 50.9 Å². The minimum absolute atomic E-state index is 0.253. The predicted molar refractivity (Wildman–Crippen MR) is 92.1 cm³/mol. The van der Waals surface area contributed by atoms with Gasteiger partial charge in [-0.25, -0.2) is 15.0 Å². The average molecular weight is 328 g/mol. The number of hydrogen-bond donors (Lipinski definition) is 1. The molecule has 128 valence electrons. The number of piperidine rings is 1. The van der Waals surface area contributed by atoms with E-state index >= 15 is 0 Å². The van der Waals surface area contributed by atoms with E-state index in [2.05, 4.69) is 41.6 Å². The van der Waals surface area contributed by atoms with Gasteiger partial charge in [0.25, 0.3) is 0 Å². The van der Waals surface area contributed by atoms with Gasteiger partial charge < -0.3 is 19.5 Å². The second-order valence-corrected chi connectivity index (χ2v) is 6.78. The Morgan fingerprint density at radius 3 is 2.83 bits per heavy atom. The van der Waals surface area contributed by atoms with Gasteiger partial charge in [0.1, 0.15) is 23.8 Å². The predicted octanol–water partition coefficient (Wildman–Crippen LogP) is 1.21. The summed E-state index contributed by atoms with van der Waals surface area (Å²) in [6, 6.07) is 2.07. The van der Waals surface area contributed by atoms with E-state index in [1.54, 1.807) is 6.33 Å². The van der Waals surface area contributed by atoms with Crippen LogP contribution in [0.25, 0.3) is 0 Å². The summed E-state index contributed by atoms with van der Waals surface area (Å²) in [4.78, 5) is 18.1. The highest BCUT2D eigenvalue weighted by atomic mass is 16.3. The number of aliphatic hydroxyl groups excluding tert-OH is 1. The maximum atomic E-state index is 9.43. The highest BCUT2D eigenvalue weighted by Crippen LogP contribution is 2.25. The summed E-state index contributed by atoms with van der Waals surface area (Å²) < 4.78 is 2.23. The van der Waals surface area contributed by atoms with Crippen LogP contribution in [0.15, 0.2) is 18.6 Å². The van der Waals surface area contributed by atoms with Crippen LogP contribution in [0.4, 0.5) is 11.6 Å². The van der Waals surface area contributed by atoms with Crippen molar-refractivity contribution in [2.24, 2.45) is 5.92 Å². The first-order valence-electron chi connectivity index (χ1n) is 8.68. The third kappa shape index (κ3) is 2.96. The Morgan fingerprint density at radius 2 is 2.00 bits per heavy atom. The Labute approximate surface area is 142 Å². The first kappa shape index (κ1) is 15.4. The van der Waals surface area contributed by atoms with Crippen LogP contribution < -0.4 is 9.80 Å². The number of nitrogens with zero attached hydrogens (tertiary/aromatic N) is 6. The summed E-state index contributed by atoms with van der Waals surface area (Å²) in [6.07, 6.45) is 5.96. The van der Waals surface area contributed by atoms with Crippen molar-refractivity contribution in [2.45, 2.75) is 32.9 Å². The molecular formula is C17H24N6O. The molecule has 0 aliphatic carbocycles. The van der Waals surface area contributed by atoms with Crippen LogP contribution in [-0.2, 0) is 13.1 Å². The van der Waals surface area contributed by atoms with Crippen LogP contribution in [0.2, 0.25) is 0 Å². The maximum Gasteiger partial charge on any atom is 0.134 e. The molecule has 4 heterocycles. The van der Waals surface area contributed by atoms with Gasteiger partial charge >= 0.3 is 0 Å². The lowest BCUT2D eigenvalue weighted by Crippen LogP contribution is -2.38. The van der Waals surface area contributed by atoms with Crippen molar-refractivity contribution in [3.05, 3.63) is 30.1 Å². The van der Waals surface area contributed by atoms with E-state index in [0.717, 1.165) is 68.7 Å². The van der Waals surface area contributed by atoms with Gasteiger partial charge in [-0.15, -0.1) is 0 Å². The molecule has 0 aromatic carbocycles. The quantitative estimate of drug-likeness (QED) is 0.913. The van der Waals surface area contributed by atoms with E-state index < -0.39 is 0 Å². The second kappa shape index (κ2) is 6.39. The van der Waals surface area contributed by atoms with Gasteiger partial charge in [0.2, 0.25) is 0 Å². The van der Waals surface area contributed by atoms with Gasteiger partial charge in [-0.2, -0.15) is 0 Å². The largest absolute Gasteiger partial charge is 0.396 e. The summed E-state index contributed by atoms with van der Waals surface area (Å²) in [5.41, 5.74) is 1.07. The Kier molecular flexibility index (Phi) is 4.10. The second-order valence-electron chi connectivity index (χ2n) is 6.78. The summed E-state index contributed by atoms with van der Waals surface area (Å²) in [7, 11) is 0. The molecule has 1 fully saturated rings. The van der Waals surface area contributed by atoms with Gasteiger partial charge in [-0.3, -0.25) is 0 Å². The van der Waals surface area contributed by atoms with Crippen LogP contribution >= 0.6 is 0 Å². The minimum Gasteiger partial charge on any atom is -0.396 e. The number of aliphatic hydroxyl groups is 1. The van der Waals surface area contributed by atoms with Crippen molar-refractivity contribution in [1.82, 2.24) is 19.5 Å². The van der Waals surface area contributed by atoms with Crippen LogP contribution in [0.5, 0.6) is 0 Å². The van der Waals surface area contributed by atoms with Crippen molar-refractivity contribution in [3.63, 3.8) is 0 Å². The van der Waals surface area contributed by atoms with Gasteiger partial charge in [-0.05, 0) is 25.7 Å². The summed E-state index contributed by atoms with van der Waals surface area (Å²) in [5.74, 6) is 3.36. The molecule has 0 bridgehead atoms. The molecule has 7 heteroatoms. The lowest BCUT2D eigenvalue weighted by molar-refractivity contribution is 0.208. The standard InChI is InChI=1S/C17H24N6O/c1-13-8-22-5-6-23(10-17(22)20-13)16-7-15(18-12-19-16)21-4-2-3-14(9-21)11-24/h7-8,12,14,24H,2-6,9-11H2,1H3. The van der Waals surface area contributed by atoms with Crippen LogP contribution in [0.3, 0.4) is 0 Å². The molecule has 1 atom stereocenters. The Hall–Kier alpha value is -2.15. The zero-order chi connectivity index (χ0) is 16.5. The highest BCUT2D eigenvalue weighted by molar-refractivity contribution is 5.50. The fourth-order valence-corrected chi connectivity index (χ4v) is 3.70. The van der Waals surface area contributed by atoms with E-state index in [0.29, 0.717) is 5.92 Å². The summed E-state index contributed by atoms with van der Waals surface area (Å²) in [6.45, 7) is 6.80. The third-order valence-electron chi connectivity index (χ3n) is 4.99. The Balaban J connectivity index is 1.53. The third-order valence-corrected chi connectivity index (χ3v) is 4.99. The number of aryl methyl sites for hydroxylation is 1. The molecule has 2 aliphatic rings. The lowest BCUT2D eigenvalue weighted by Gasteiger charge is -2.33. The first-order chi connectivity index (χ1) is 11.7. The first-order valence-corrected chi connectivity index (χ1v) is 8.68. The number of rotatable bonds is 3. The van der Waals surface area contributed by atoms with Crippen LogP contribution in [0.1, 0.15) is 24.4 Å². The molecule has 2 aliphatic heterocycles. The lowest BCUT2D eigenvalue weighted by atomic mass is 9.99. The normalized spacial score (nSPS) is 21.0. The minimum atomic E-state index is 0.253. The van der Waals surface area contributed by atoms with Crippen molar-refractivity contribution in [3.8, 4) is 0 Å². The highest BCUT2D eigenvalue weighted by Gasteiger charge is 2.23. The van der Waals surface area contributed by atoms with E-state index in [4.69, 9.17) is 0 Å². The number of fused-ring (bicyclic) bond motifs is 1. The topological polar surface area (TPSA) is 70.3 Å². The van der Waals surface area contributed by atoms with E-state index in [-0.39, 0.29) is 6.61 Å². The van der Waals surface area contributed by atoms with Gasteiger partial charge in [0, 0.05) is 45.0 Å². The molecule has 4 rings (SSSR count). The molecule has 1 N–H and O–H groups in total. The van der Waals surface area contributed by atoms with Crippen molar-refractivity contribution in [1.29, 1.82) is 0 Å². The molecule has 0 spiro atoms. The Bertz CT molecular complexity index is 715. The van der Waals surface area contributed by atoms with E-state index in [1.165, 1.54) is 0 Å².